The van der Waals surface area contributed by atoms with E-state index in [9.17, 15) is 13.9 Å². The maximum Gasteiger partial charge on any atom is 2.00 e. The fourth-order valence-electron chi connectivity index (χ4n) is 0.204. The molecule has 0 aliphatic rings. The van der Waals surface area contributed by atoms with Crippen molar-refractivity contribution in [3.63, 3.8) is 0 Å². The summed E-state index contributed by atoms with van der Waals surface area (Å²) in [6.07, 6.45) is -1.61. The molecular formula is C3H9Ca2Cl2FNaO6P. The zero-order valence-corrected chi connectivity index (χ0v) is 17.4. The monoisotopic (exact) mass is 364 g/mol. The van der Waals surface area contributed by atoms with Crippen LogP contribution in [0.25, 0.3) is 0 Å². The van der Waals surface area contributed by atoms with Crippen LogP contribution in [0.4, 0.5) is 4.53 Å². The predicted molar refractivity (Wildman–Crippen MR) is 44.6 cm³/mol. The number of phosphoric ester groups is 1. The minimum Gasteiger partial charge on any atom is -1.00 e. The van der Waals surface area contributed by atoms with Crippen LogP contribution < -0.4 is 54.4 Å². The molecule has 2 atom stereocenters. The molecule has 0 aromatic rings. The maximum atomic E-state index is 11.0. The Kier molecular flexibility index (Phi) is 42.6. The first kappa shape index (κ1) is 36.7. The molecule has 0 spiro atoms. The molecular weight excluding hydrogens is 356 g/mol. The van der Waals surface area contributed by atoms with Crippen molar-refractivity contribution in [2.24, 2.45) is 0 Å². The molecule has 0 fully saturated rings. The maximum absolute atomic E-state index is 11.0. The van der Waals surface area contributed by atoms with Gasteiger partial charge in [0.25, 0.3) is 0 Å². The molecule has 0 heterocycles. The first-order valence-electron chi connectivity index (χ1n) is 2.43. The molecule has 2 unspecified atom stereocenters. The van der Waals surface area contributed by atoms with Gasteiger partial charge in [0.1, 0.15) is 6.10 Å². The van der Waals surface area contributed by atoms with E-state index in [1.165, 1.54) is 0 Å². The normalized spacial score (nSPS) is 12.8. The zero-order valence-electron chi connectivity index (χ0n) is 11.6. The Labute approximate surface area is 190 Å². The molecule has 88 valence electrons. The van der Waals surface area contributed by atoms with E-state index in [1.54, 1.807) is 0 Å². The number of hydrogen-bond acceptors (Lipinski definition) is 5. The van der Waals surface area contributed by atoms with Gasteiger partial charge in [-0.25, -0.2) is 9.36 Å². The quantitative estimate of drug-likeness (QED) is 0.381. The van der Waals surface area contributed by atoms with Crippen LogP contribution >= 0.6 is 7.82 Å². The molecule has 0 radical (unpaired) electrons. The molecule has 2 N–H and O–H groups in total. The molecule has 6 nitrogen and oxygen atoms in total. The number of phosphoric acid groups is 1. The van der Waals surface area contributed by atoms with Gasteiger partial charge in [0.15, 0.2) is 0 Å². The Morgan fingerprint density at radius 1 is 1.44 bits per heavy atom. The first-order chi connectivity index (χ1) is 4.89. The largest absolute Gasteiger partial charge is 2.00 e. The third-order valence-corrected chi connectivity index (χ3v) is 1.22. The third-order valence-electron chi connectivity index (χ3n) is 0.634. The number of carbonyl (C=O) groups is 1. The summed E-state index contributed by atoms with van der Waals surface area (Å²) in [5, 5.41) is 8.39. The number of aliphatic hydroxyl groups is 1. The van der Waals surface area contributed by atoms with Crippen LogP contribution in [0.2, 0.25) is 0 Å². The summed E-state index contributed by atoms with van der Waals surface area (Å²) < 4.78 is 27.0. The van der Waals surface area contributed by atoms with Gasteiger partial charge in [-0.2, -0.15) is 0 Å². The van der Waals surface area contributed by atoms with Gasteiger partial charge in [-0.15, -0.1) is 0 Å². The Morgan fingerprint density at radius 3 is 1.94 bits per heavy atom. The van der Waals surface area contributed by atoms with E-state index in [2.05, 4.69) is 9.25 Å². The van der Waals surface area contributed by atoms with Gasteiger partial charge in [-0.3, -0.25) is 4.89 Å². The molecule has 0 aliphatic carbocycles. The average molecular weight is 365 g/mol. The molecule has 0 aliphatic heterocycles. The Hall–Kier alpha value is 3.61. The van der Waals surface area contributed by atoms with Gasteiger partial charge in [0.05, 0.1) is 0 Å². The van der Waals surface area contributed by atoms with E-state index in [-0.39, 0.29) is 134 Å². The average Bonchev–Trinajstić information content (AvgIpc) is 1.87. The topological polar surface area (TPSA) is 93.1 Å². The molecule has 0 rings (SSSR count). The number of halogens is 3. The van der Waals surface area contributed by atoms with Crippen molar-refractivity contribution in [3.05, 3.63) is 0 Å². The van der Waals surface area contributed by atoms with Gasteiger partial charge in [0, 0.05) is 0 Å². The molecule has 0 aromatic carbocycles. The minimum atomic E-state index is -4.96. The number of carbonyl (C=O) groups excluding carboxylic acids is 1. The fourth-order valence-corrected chi connectivity index (χ4v) is 0.612. The summed E-state index contributed by atoms with van der Waals surface area (Å²) in [6, 6.07) is 0. The zero-order chi connectivity index (χ0) is 9.07. The smallest absolute Gasteiger partial charge is 1.00 e. The van der Waals surface area contributed by atoms with Crippen molar-refractivity contribution in [2.45, 2.75) is 13.0 Å². The van der Waals surface area contributed by atoms with E-state index in [0.717, 1.165) is 6.92 Å². The second kappa shape index (κ2) is 18.6. The van der Waals surface area contributed by atoms with Crippen molar-refractivity contribution >= 4 is 89.3 Å². The molecule has 0 amide bonds. The number of hydrogen-bond donors (Lipinski definition) is 2. The van der Waals surface area contributed by atoms with E-state index in [1.807, 2.05) is 0 Å². The van der Waals surface area contributed by atoms with E-state index < -0.39 is 19.9 Å². The Bertz CT molecular complexity index is 224. The van der Waals surface area contributed by atoms with Crippen LogP contribution in [0.1, 0.15) is 11.2 Å². The molecule has 16 heavy (non-hydrogen) atoms. The van der Waals surface area contributed by atoms with E-state index >= 15 is 0 Å². The summed E-state index contributed by atoms with van der Waals surface area (Å²) in [5.41, 5.74) is 0. The summed E-state index contributed by atoms with van der Waals surface area (Å²) in [7, 11) is -4.96. The van der Waals surface area contributed by atoms with Gasteiger partial charge in [-0.1, -0.05) is 4.73 Å². The third kappa shape index (κ3) is 19.9. The Balaban J connectivity index is -0.0000000179. The van der Waals surface area contributed by atoms with Gasteiger partial charge in [0.2, 0.25) is 0 Å². The van der Waals surface area contributed by atoms with Gasteiger partial charge >= 0.3 is 119 Å². The molecule has 0 saturated carbocycles. The van der Waals surface area contributed by atoms with Crippen molar-refractivity contribution in [1.29, 1.82) is 0 Å². The van der Waals surface area contributed by atoms with Crippen LogP contribution in [0.3, 0.4) is 0 Å². The summed E-state index contributed by atoms with van der Waals surface area (Å²) in [6.45, 7) is 0.987. The number of rotatable bonds is 3. The standard InChI is InChI=1S/C3H6FO6P.2Ca.2ClH.Na.3H/c1-2(5)3(6)9-11(7,8)10-4;;;;;;;;/h2,5H,1H3,(H,7,8);;;2*1H;;;;/q;2*+2;;;+1;3*-1/p-2. The van der Waals surface area contributed by atoms with Crippen molar-refractivity contribution < 1.29 is 91.8 Å². The second-order valence-electron chi connectivity index (χ2n) is 1.62. The summed E-state index contributed by atoms with van der Waals surface area (Å²) in [4.78, 5) is 18.4. The van der Waals surface area contributed by atoms with Crippen LogP contribution in [0.5, 0.6) is 0 Å². The summed E-state index contributed by atoms with van der Waals surface area (Å²) in [5.74, 6) is -1.44. The van der Waals surface area contributed by atoms with Crippen molar-refractivity contribution in [1.82, 2.24) is 0 Å². The Morgan fingerprint density at radius 2 is 1.75 bits per heavy atom. The van der Waals surface area contributed by atoms with E-state index in [4.69, 9.17) is 10.00 Å². The predicted octanol–water partition coefficient (Wildman–Crippen LogP) is -9.50. The van der Waals surface area contributed by atoms with Crippen LogP contribution in [0.15, 0.2) is 0 Å². The van der Waals surface area contributed by atoms with Gasteiger partial charge in [-0.05, 0) is 11.4 Å². The first-order valence-corrected chi connectivity index (χ1v) is 3.93. The molecule has 13 heteroatoms. The molecule has 0 bridgehead atoms. The molecule has 0 aromatic heterocycles. The minimum absolute atomic E-state index is 0. The SMILES string of the molecule is CC(O)C(=O)OP(=O)(O)OF.[Ca+2].[Ca+2].[Cl-].[Cl-].[H-].[H-].[H-].[Na+]. The second-order valence-corrected chi connectivity index (χ2v) is 2.88. The van der Waals surface area contributed by atoms with Crippen molar-refractivity contribution in [2.75, 3.05) is 0 Å². The molecule has 0 saturated heterocycles. The van der Waals surface area contributed by atoms with Crippen LogP contribution in [-0.2, 0) is 18.6 Å². The number of aliphatic hydroxyl groups excluding tert-OH is 1. The van der Waals surface area contributed by atoms with Crippen LogP contribution in [0, 0.1) is 0 Å². The van der Waals surface area contributed by atoms with Gasteiger partial charge < -0.3 is 38.7 Å². The van der Waals surface area contributed by atoms with E-state index in [0.29, 0.717) is 0 Å². The fraction of sp³-hybridized carbons (Fsp3) is 0.667. The van der Waals surface area contributed by atoms with Crippen LogP contribution in [-0.4, -0.2) is 97.5 Å². The summed E-state index contributed by atoms with van der Waals surface area (Å²) >= 11 is 0. The van der Waals surface area contributed by atoms with Crippen molar-refractivity contribution in [3.8, 4) is 0 Å².